The topological polar surface area (TPSA) is 58.6 Å². The molecule has 0 aliphatic heterocycles. The fraction of sp³-hybridized carbons (Fsp3) is 0.200. The van der Waals surface area contributed by atoms with Crippen molar-refractivity contribution in [3.63, 3.8) is 0 Å². The van der Waals surface area contributed by atoms with Gasteiger partial charge in [-0.15, -0.1) is 0 Å². The Morgan fingerprint density at radius 1 is 1.13 bits per heavy atom. The minimum atomic E-state index is -3.96. The molecule has 0 unspecified atom stereocenters. The predicted octanol–water partition coefficient (Wildman–Crippen LogP) is 2.76. The van der Waals surface area contributed by atoms with E-state index in [2.05, 4.69) is 9.46 Å². The van der Waals surface area contributed by atoms with Crippen molar-refractivity contribution < 1.29 is 21.9 Å². The lowest BCUT2D eigenvalue weighted by atomic mass is 10.2. The van der Waals surface area contributed by atoms with E-state index in [1.54, 1.807) is 24.3 Å². The van der Waals surface area contributed by atoms with Crippen molar-refractivity contribution in [3.8, 4) is 5.75 Å². The fourth-order valence-corrected chi connectivity index (χ4v) is 2.86. The molecular weight excluding hydrogens is 326 g/mol. The van der Waals surface area contributed by atoms with Crippen LogP contribution in [0.3, 0.4) is 0 Å². The fourth-order valence-electron chi connectivity index (χ4n) is 1.97. The third kappa shape index (κ3) is 4.17. The molecule has 124 valence electrons. The van der Waals surface area contributed by atoms with Gasteiger partial charge in [-0.1, -0.05) is 30.3 Å². The number of nitrogens with one attached hydrogen (secondary N) is 1. The smallest absolute Gasteiger partial charge is 0.301 e. The van der Waals surface area contributed by atoms with Gasteiger partial charge in [-0.3, -0.25) is 4.72 Å². The second-order valence-corrected chi connectivity index (χ2v) is 6.60. The third-order valence-corrected chi connectivity index (χ3v) is 4.55. The van der Waals surface area contributed by atoms with Gasteiger partial charge in [-0.25, -0.2) is 8.78 Å². The van der Waals surface area contributed by atoms with Crippen LogP contribution in [0.4, 0.5) is 14.5 Å². The van der Waals surface area contributed by atoms with Crippen LogP contribution < -0.4 is 9.46 Å². The standard InChI is InChI=1S/C15H16F2N2O3S/c1-19(10-11-6-4-3-5-7-11)23(20,21)18-12-8-13(16)15(22-2)14(17)9-12/h3-9,18H,10H2,1-2H3. The van der Waals surface area contributed by atoms with Crippen molar-refractivity contribution in [2.45, 2.75) is 6.54 Å². The maximum Gasteiger partial charge on any atom is 0.301 e. The molecule has 0 radical (unpaired) electrons. The highest BCUT2D eigenvalue weighted by Gasteiger charge is 2.20. The van der Waals surface area contributed by atoms with E-state index >= 15 is 0 Å². The lowest BCUT2D eigenvalue weighted by Crippen LogP contribution is -2.32. The molecule has 0 bridgehead atoms. The first-order chi connectivity index (χ1) is 10.8. The van der Waals surface area contributed by atoms with Gasteiger partial charge in [0.15, 0.2) is 17.4 Å². The molecule has 23 heavy (non-hydrogen) atoms. The zero-order chi connectivity index (χ0) is 17.0. The first kappa shape index (κ1) is 17.2. The van der Waals surface area contributed by atoms with E-state index in [-0.39, 0.29) is 12.2 Å². The number of hydrogen-bond acceptors (Lipinski definition) is 3. The largest absolute Gasteiger partial charge is 0.491 e. The van der Waals surface area contributed by atoms with Crippen molar-refractivity contribution in [1.82, 2.24) is 4.31 Å². The maximum absolute atomic E-state index is 13.6. The Labute approximate surface area is 133 Å². The van der Waals surface area contributed by atoms with Gasteiger partial charge >= 0.3 is 10.2 Å². The van der Waals surface area contributed by atoms with Gasteiger partial charge in [-0.2, -0.15) is 12.7 Å². The predicted molar refractivity (Wildman–Crippen MR) is 83.4 cm³/mol. The number of hydrogen-bond donors (Lipinski definition) is 1. The van der Waals surface area contributed by atoms with E-state index in [1.807, 2.05) is 6.07 Å². The summed E-state index contributed by atoms with van der Waals surface area (Å²) < 4.78 is 59.4. The molecule has 0 saturated carbocycles. The molecule has 0 heterocycles. The summed E-state index contributed by atoms with van der Waals surface area (Å²) in [6.45, 7) is 0.122. The second-order valence-electron chi connectivity index (χ2n) is 4.82. The highest BCUT2D eigenvalue weighted by molar-refractivity contribution is 7.90. The number of anilines is 1. The molecule has 0 saturated heterocycles. The summed E-state index contributed by atoms with van der Waals surface area (Å²) >= 11 is 0. The zero-order valence-electron chi connectivity index (χ0n) is 12.6. The highest BCUT2D eigenvalue weighted by Crippen LogP contribution is 2.26. The average Bonchev–Trinajstić information content (AvgIpc) is 2.47. The van der Waals surface area contributed by atoms with Crippen LogP contribution in [-0.2, 0) is 16.8 Å². The molecule has 2 rings (SSSR count). The van der Waals surface area contributed by atoms with Gasteiger partial charge in [0.05, 0.1) is 12.8 Å². The molecule has 2 aromatic rings. The van der Waals surface area contributed by atoms with Crippen molar-refractivity contribution >= 4 is 15.9 Å². The highest BCUT2D eigenvalue weighted by atomic mass is 32.2. The molecule has 0 aliphatic rings. The number of ether oxygens (including phenoxy) is 1. The van der Waals surface area contributed by atoms with E-state index in [4.69, 9.17) is 0 Å². The quantitative estimate of drug-likeness (QED) is 0.878. The van der Waals surface area contributed by atoms with Crippen LogP contribution in [0.1, 0.15) is 5.56 Å². The molecule has 2 aromatic carbocycles. The Balaban J connectivity index is 2.18. The summed E-state index contributed by atoms with van der Waals surface area (Å²) in [5.41, 5.74) is 0.563. The molecule has 0 aromatic heterocycles. The molecule has 8 heteroatoms. The van der Waals surface area contributed by atoms with Crippen LogP contribution in [0.25, 0.3) is 0 Å². The van der Waals surface area contributed by atoms with E-state index in [0.717, 1.165) is 29.1 Å². The first-order valence-electron chi connectivity index (χ1n) is 6.64. The molecule has 0 fully saturated rings. The number of rotatable bonds is 6. The molecule has 0 aliphatic carbocycles. The summed E-state index contributed by atoms with van der Waals surface area (Å²) in [6, 6.07) is 10.7. The summed E-state index contributed by atoms with van der Waals surface area (Å²) in [4.78, 5) is 0. The van der Waals surface area contributed by atoms with E-state index < -0.39 is 27.6 Å². The zero-order valence-corrected chi connectivity index (χ0v) is 13.4. The van der Waals surface area contributed by atoms with Crippen molar-refractivity contribution in [1.29, 1.82) is 0 Å². The normalized spacial score (nSPS) is 11.5. The van der Waals surface area contributed by atoms with Gasteiger partial charge in [0.25, 0.3) is 0 Å². The Hall–Kier alpha value is -2.19. The summed E-state index contributed by atoms with van der Waals surface area (Å²) in [6.07, 6.45) is 0. The van der Waals surface area contributed by atoms with Crippen LogP contribution in [0, 0.1) is 11.6 Å². The van der Waals surface area contributed by atoms with Crippen LogP contribution in [-0.4, -0.2) is 26.9 Å². The SMILES string of the molecule is COc1c(F)cc(NS(=O)(=O)N(C)Cc2ccccc2)cc1F. The molecule has 0 atom stereocenters. The lowest BCUT2D eigenvalue weighted by Gasteiger charge is -2.18. The number of benzene rings is 2. The van der Waals surface area contributed by atoms with Gasteiger partial charge in [-0.05, 0) is 5.56 Å². The minimum absolute atomic E-state index is 0.122. The number of nitrogens with zero attached hydrogens (tertiary/aromatic N) is 1. The summed E-state index contributed by atoms with van der Waals surface area (Å²) in [5, 5.41) is 0. The third-order valence-electron chi connectivity index (χ3n) is 3.11. The van der Waals surface area contributed by atoms with Gasteiger partial charge in [0.1, 0.15) is 0 Å². The van der Waals surface area contributed by atoms with Gasteiger partial charge < -0.3 is 4.74 Å². The molecular formula is C15H16F2N2O3S. The molecule has 5 nitrogen and oxygen atoms in total. The van der Waals surface area contributed by atoms with E-state index in [0.29, 0.717) is 0 Å². The molecule has 1 N–H and O–H groups in total. The monoisotopic (exact) mass is 342 g/mol. The Morgan fingerprint density at radius 3 is 2.22 bits per heavy atom. The molecule has 0 amide bonds. The lowest BCUT2D eigenvalue weighted by molar-refractivity contribution is 0.360. The Kier molecular flexibility index (Phi) is 5.17. The number of methoxy groups -OCH3 is 1. The molecule has 0 spiro atoms. The Bertz CT molecular complexity index is 760. The number of halogens is 2. The van der Waals surface area contributed by atoms with Crippen molar-refractivity contribution in [2.75, 3.05) is 18.9 Å². The van der Waals surface area contributed by atoms with Crippen LogP contribution in [0.15, 0.2) is 42.5 Å². The van der Waals surface area contributed by atoms with Gasteiger partial charge in [0, 0.05) is 25.7 Å². The van der Waals surface area contributed by atoms with Crippen molar-refractivity contribution in [3.05, 3.63) is 59.7 Å². The van der Waals surface area contributed by atoms with Crippen molar-refractivity contribution in [2.24, 2.45) is 0 Å². The van der Waals surface area contributed by atoms with E-state index in [9.17, 15) is 17.2 Å². The van der Waals surface area contributed by atoms with Crippen LogP contribution >= 0.6 is 0 Å². The maximum atomic E-state index is 13.6. The summed E-state index contributed by atoms with van der Waals surface area (Å²) in [5.74, 6) is -2.54. The first-order valence-corrected chi connectivity index (χ1v) is 8.08. The average molecular weight is 342 g/mol. The van der Waals surface area contributed by atoms with Crippen LogP contribution in [0.5, 0.6) is 5.75 Å². The van der Waals surface area contributed by atoms with E-state index in [1.165, 1.54) is 7.05 Å². The van der Waals surface area contributed by atoms with Gasteiger partial charge in [0.2, 0.25) is 0 Å². The second kappa shape index (κ2) is 6.93. The Morgan fingerprint density at radius 2 is 1.70 bits per heavy atom. The van der Waals surface area contributed by atoms with Crippen LogP contribution in [0.2, 0.25) is 0 Å². The summed E-state index contributed by atoms with van der Waals surface area (Å²) in [7, 11) is -1.46. The minimum Gasteiger partial charge on any atom is -0.491 e.